The van der Waals surface area contributed by atoms with Gasteiger partial charge in [0, 0.05) is 20.3 Å². The minimum Gasteiger partial charge on any atom is -0.407 e. The third-order valence-corrected chi connectivity index (χ3v) is 11.1. The molecule has 0 N–H and O–H groups in total. The summed E-state index contributed by atoms with van der Waals surface area (Å²) in [6, 6.07) is 21.7. The lowest BCUT2D eigenvalue weighted by Gasteiger charge is -2.43. The van der Waals surface area contributed by atoms with E-state index in [1.165, 1.54) is 10.4 Å². The van der Waals surface area contributed by atoms with Crippen molar-refractivity contribution in [1.29, 1.82) is 0 Å². The zero-order valence-electron chi connectivity index (χ0n) is 18.4. The quantitative estimate of drug-likeness (QED) is 0.471. The maximum absolute atomic E-state index is 6.97. The maximum Gasteiger partial charge on any atom is 0.261 e. The van der Waals surface area contributed by atoms with E-state index in [4.69, 9.17) is 13.9 Å². The Morgan fingerprint density at radius 2 is 1.55 bits per heavy atom. The topological polar surface area (TPSA) is 27.7 Å². The smallest absolute Gasteiger partial charge is 0.261 e. The van der Waals surface area contributed by atoms with Crippen molar-refractivity contribution in [2.75, 3.05) is 20.3 Å². The van der Waals surface area contributed by atoms with E-state index < -0.39 is 8.32 Å². The van der Waals surface area contributed by atoms with E-state index >= 15 is 0 Å². The Kier molecular flexibility index (Phi) is 7.69. The Labute approximate surface area is 177 Å². The summed E-state index contributed by atoms with van der Waals surface area (Å²) in [5, 5.41) is 2.69. The summed E-state index contributed by atoms with van der Waals surface area (Å²) in [6.45, 7) is 8.56. The zero-order chi connectivity index (χ0) is 20.7. The van der Waals surface area contributed by atoms with Crippen LogP contribution < -0.4 is 10.4 Å². The molecular formula is C25H36O3Si. The molecule has 0 unspecified atom stereocenters. The molecule has 1 heterocycles. The van der Waals surface area contributed by atoms with Crippen LogP contribution >= 0.6 is 0 Å². The third-order valence-electron chi connectivity index (χ3n) is 6.05. The van der Waals surface area contributed by atoms with Crippen molar-refractivity contribution in [3.63, 3.8) is 0 Å². The van der Waals surface area contributed by atoms with Crippen LogP contribution in [-0.2, 0) is 13.9 Å². The fraction of sp³-hybridized carbons (Fsp3) is 0.520. The van der Waals surface area contributed by atoms with E-state index in [0.29, 0.717) is 0 Å². The van der Waals surface area contributed by atoms with Gasteiger partial charge in [-0.25, -0.2) is 0 Å². The van der Waals surface area contributed by atoms with Crippen LogP contribution in [-0.4, -0.2) is 40.8 Å². The second-order valence-electron chi connectivity index (χ2n) is 8.98. The first kappa shape index (κ1) is 22.2. The van der Waals surface area contributed by atoms with Crippen LogP contribution in [0.15, 0.2) is 60.7 Å². The fourth-order valence-corrected chi connectivity index (χ4v) is 9.23. The van der Waals surface area contributed by atoms with Gasteiger partial charge in [-0.2, -0.15) is 0 Å². The molecule has 0 aliphatic carbocycles. The summed E-state index contributed by atoms with van der Waals surface area (Å²) in [6.07, 6.45) is 4.56. The first-order chi connectivity index (χ1) is 14.0. The minimum atomic E-state index is -2.43. The molecule has 0 radical (unpaired) electrons. The molecule has 0 spiro atoms. The summed E-state index contributed by atoms with van der Waals surface area (Å²) >= 11 is 0. The normalized spacial score (nSPS) is 20.6. The molecule has 29 heavy (non-hydrogen) atoms. The van der Waals surface area contributed by atoms with E-state index in [-0.39, 0.29) is 17.2 Å². The van der Waals surface area contributed by atoms with Gasteiger partial charge < -0.3 is 13.9 Å². The van der Waals surface area contributed by atoms with Crippen LogP contribution in [0.2, 0.25) is 5.04 Å². The average Bonchev–Trinajstić information content (AvgIpc) is 2.74. The van der Waals surface area contributed by atoms with E-state index in [0.717, 1.165) is 38.9 Å². The SMILES string of the molecule is CO[C@H]1CCCO[C@H]1CCCO[Si](c1ccccc1)(c1ccccc1)C(C)(C)C. The average molecular weight is 413 g/mol. The van der Waals surface area contributed by atoms with Gasteiger partial charge in [0.15, 0.2) is 0 Å². The largest absolute Gasteiger partial charge is 0.407 e. The van der Waals surface area contributed by atoms with Crippen LogP contribution in [0.4, 0.5) is 0 Å². The second-order valence-corrected chi connectivity index (χ2v) is 13.3. The molecule has 0 aromatic heterocycles. The number of hydrogen-bond acceptors (Lipinski definition) is 3. The highest BCUT2D eigenvalue weighted by Crippen LogP contribution is 2.37. The maximum atomic E-state index is 6.97. The monoisotopic (exact) mass is 412 g/mol. The van der Waals surface area contributed by atoms with Gasteiger partial charge in [-0.3, -0.25) is 0 Å². The van der Waals surface area contributed by atoms with Crippen molar-refractivity contribution in [3.8, 4) is 0 Å². The number of methoxy groups -OCH3 is 1. The minimum absolute atomic E-state index is 0.0200. The van der Waals surface area contributed by atoms with Gasteiger partial charge in [0.05, 0.1) is 12.2 Å². The van der Waals surface area contributed by atoms with Gasteiger partial charge >= 0.3 is 0 Å². The van der Waals surface area contributed by atoms with Crippen LogP contribution in [0, 0.1) is 0 Å². The highest BCUT2D eigenvalue weighted by Gasteiger charge is 2.50. The van der Waals surface area contributed by atoms with Crippen LogP contribution in [0.25, 0.3) is 0 Å². The van der Waals surface area contributed by atoms with Crippen molar-refractivity contribution >= 4 is 18.7 Å². The molecule has 4 heteroatoms. The first-order valence-electron chi connectivity index (χ1n) is 10.9. The van der Waals surface area contributed by atoms with Gasteiger partial charge in [-0.05, 0) is 41.1 Å². The van der Waals surface area contributed by atoms with Crippen molar-refractivity contribution in [3.05, 3.63) is 60.7 Å². The standard InChI is InChI=1S/C25H36O3Si/c1-25(2,3)29(21-13-7-5-8-14-21,22-15-9-6-10-16-22)28-20-12-18-24-23(26-4)17-11-19-27-24/h5-10,13-16,23-24H,11-12,17-20H2,1-4H3/t23-,24-/m0/s1. The van der Waals surface area contributed by atoms with Gasteiger partial charge in [0.25, 0.3) is 8.32 Å². The summed E-state index contributed by atoms with van der Waals surface area (Å²) in [7, 11) is -0.637. The van der Waals surface area contributed by atoms with Crippen LogP contribution in [0.1, 0.15) is 46.5 Å². The van der Waals surface area contributed by atoms with Gasteiger partial charge in [-0.1, -0.05) is 81.4 Å². The Morgan fingerprint density at radius 3 is 2.07 bits per heavy atom. The number of ether oxygens (including phenoxy) is 2. The van der Waals surface area contributed by atoms with Gasteiger partial charge in [0.1, 0.15) is 0 Å². The highest BCUT2D eigenvalue weighted by atomic mass is 28.4. The van der Waals surface area contributed by atoms with Gasteiger partial charge in [-0.15, -0.1) is 0 Å². The van der Waals surface area contributed by atoms with E-state index in [1.54, 1.807) is 7.11 Å². The lowest BCUT2D eigenvalue weighted by atomic mass is 10.0. The highest BCUT2D eigenvalue weighted by molar-refractivity contribution is 6.99. The number of hydrogen-bond donors (Lipinski definition) is 0. The van der Waals surface area contributed by atoms with Crippen molar-refractivity contribution in [1.82, 2.24) is 0 Å². The molecule has 2 aromatic carbocycles. The molecule has 158 valence electrons. The molecule has 2 atom stereocenters. The van der Waals surface area contributed by atoms with Crippen molar-refractivity contribution in [2.24, 2.45) is 0 Å². The molecule has 2 aromatic rings. The van der Waals surface area contributed by atoms with Crippen LogP contribution in [0.3, 0.4) is 0 Å². The molecule has 0 saturated carbocycles. The Morgan fingerprint density at radius 1 is 0.966 bits per heavy atom. The lowest BCUT2D eigenvalue weighted by molar-refractivity contribution is -0.0946. The molecular weight excluding hydrogens is 376 g/mol. The van der Waals surface area contributed by atoms with E-state index in [9.17, 15) is 0 Å². The molecule has 1 aliphatic rings. The van der Waals surface area contributed by atoms with Crippen LogP contribution in [0.5, 0.6) is 0 Å². The summed E-state index contributed by atoms with van der Waals surface area (Å²) in [4.78, 5) is 0. The Bertz CT molecular complexity index is 687. The Balaban J connectivity index is 1.80. The summed E-state index contributed by atoms with van der Waals surface area (Å²) in [5.41, 5.74) is 0. The van der Waals surface area contributed by atoms with E-state index in [2.05, 4.69) is 81.4 Å². The predicted octanol–water partition coefficient (Wildman–Crippen LogP) is 4.54. The molecule has 0 bridgehead atoms. The molecule has 0 amide bonds. The van der Waals surface area contributed by atoms with E-state index in [1.807, 2.05) is 0 Å². The second kappa shape index (κ2) is 10.0. The zero-order valence-corrected chi connectivity index (χ0v) is 19.4. The van der Waals surface area contributed by atoms with Gasteiger partial charge in [0.2, 0.25) is 0 Å². The third kappa shape index (κ3) is 5.00. The molecule has 3 rings (SSSR count). The molecule has 1 fully saturated rings. The summed E-state index contributed by atoms with van der Waals surface area (Å²) in [5.74, 6) is 0. The number of benzene rings is 2. The molecule has 1 saturated heterocycles. The lowest BCUT2D eigenvalue weighted by Crippen LogP contribution is -2.66. The summed E-state index contributed by atoms with van der Waals surface area (Å²) < 4.78 is 18.6. The predicted molar refractivity (Wildman–Crippen MR) is 123 cm³/mol. The molecule has 3 nitrogen and oxygen atoms in total. The number of rotatable bonds is 8. The first-order valence-corrected chi connectivity index (χ1v) is 12.8. The van der Waals surface area contributed by atoms with Crippen molar-refractivity contribution < 1.29 is 13.9 Å². The Hall–Kier alpha value is -1.46. The van der Waals surface area contributed by atoms with Crippen molar-refractivity contribution in [2.45, 2.75) is 63.7 Å². The fourth-order valence-electron chi connectivity index (χ4n) is 4.62. The molecule has 1 aliphatic heterocycles.